The molecule has 0 aliphatic heterocycles. The van der Waals surface area contributed by atoms with Gasteiger partial charge in [-0.2, -0.15) is 0 Å². The van der Waals surface area contributed by atoms with E-state index < -0.39 is 0 Å². The van der Waals surface area contributed by atoms with Gasteiger partial charge in [0, 0.05) is 32.6 Å². The predicted molar refractivity (Wildman–Crippen MR) is 103 cm³/mol. The lowest BCUT2D eigenvalue weighted by Crippen LogP contribution is -2.39. The van der Waals surface area contributed by atoms with Crippen molar-refractivity contribution in [3.05, 3.63) is 35.9 Å². The average molecular weight is 418 g/mol. The number of carbonyl (C=O) groups excluding carboxylic acids is 1. The predicted octanol–water partition coefficient (Wildman–Crippen LogP) is 2.28. The van der Waals surface area contributed by atoms with Gasteiger partial charge >= 0.3 is 0 Å². The Kier molecular flexibility index (Phi) is 12.6. The Labute approximate surface area is 150 Å². The molecule has 0 saturated heterocycles. The van der Waals surface area contributed by atoms with Gasteiger partial charge in [0.25, 0.3) is 0 Å². The second kappa shape index (κ2) is 13.4. The minimum atomic E-state index is 0. The van der Waals surface area contributed by atoms with E-state index in [1.807, 2.05) is 37.3 Å². The fourth-order valence-corrected chi connectivity index (χ4v) is 1.74. The fraction of sp³-hybridized carbons (Fsp3) is 0.500. The van der Waals surface area contributed by atoms with Gasteiger partial charge in [0.2, 0.25) is 5.91 Å². The second-order valence-corrected chi connectivity index (χ2v) is 4.70. The molecular formula is C16H27IN4O. The van der Waals surface area contributed by atoms with Crippen molar-refractivity contribution >= 4 is 35.8 Å². The van der Waals surface area contributed by atoms with Crippen LogP contribution in [0.5, 0.6) is 0 Å². The van der Waals surface area contributed by atoms with Crippen molar-refractivity contribution in [3.63, 3.8) is 0 Å². The molecule has 0 aliphatic rings. The minimum Gasteiger partial charge on any atom is -0.357 e. The first-order valence-corrected chi connectivity index (χ1v) is 7.59. The third-order valence-electron chi connectivity index (χ3n) is 2.81. The van der Waals surface area contributed by atoms with Gasteiger partial charge in [-0.15, -0.1) is 24.0 Å². The first kappa shape index (κ1) is 20.7. The quantitative estimate of drug-likeness (QED) is 0.345. The number of rotatable bonds is 8. The summed E-state index contributed by atoms with van der Waals surface area (Å²) in [6, 6.07) is 9.90. The molecular weight excluding hydrogens is 391 g/mol. The molecule has 0 unspecified atom stereocenters. The highest BCUT2D eigenvalue weighted by molar-refractivity contribution is 14.0. The molecule has 1 aromatic carbocycles. The molecule has 124 valence electrons. The lowest BCUT2D eigenvalue weighted by Gasteiger charge is -2.11. The van der Waals surface area contributed by atoms with Crippen LogP contribution in [-0.4, -0.2) is 31.5 Å². The summed E-state index contributed by atoms with van der Waals surface area (Å²) >= 11 is 0. The number of nitrogens with zero attached hydrogens (tertiary/aromatic N) is 1. The zero-order valence-corrected chi connectivity index (χ0v) is 15.7. The first-order chi connectivity index (χ1) is 10.3. The summed E-state index contributed by atoms with van der Waals surface area (Å²) in [4.78, 5) is 16.1. The van der Waals surface area contributed by atoms with Crippen molar-refractivity contribution in [2.24, 2.45) is 4.99 Å². The smallest absolute Gasteiger partial charge is 0.222 e. The van der Waals surface area contributed by atoms with Crippen LogP contribution in [0.1, 0.15) is 32.3 Å². The van der Waals surface area contributed by atoms with Gasteiger partial charge < -0.3 is 16.0 Å². The number of benzene rings is 1. The second-order valence-electron chi connectivity index (χ2n) is 4.70. The Hall–Kier alpha value is -1.31. The van der Waals surface area contributed by atoms with Gasteiger partial charge in [0.1, 0.15) is 0 Å². The molecule has 0 aliphatic carbocycles. The Morgan fingerprint density at radius 1 is 1.09 bits per heavy atom. The molecule has 0 radical (unpaired) electrons. The van der Waals surface area contributed by atoms with E-state index in [2.05, 4.69) is 27.9 Å². The molecule has 0 atom stereocenters. The molecule has 3 N–H and O–H groups in total. The maximum Gasteiger partial charge on any atom is 0.222 e. The van der Waals surface area contributed by atoms with E-state index >= 15 is 0 Å². The number of nitrogens with one attached hydrogen (secondary N) is 3. The van der Waals surface area contributed by atoms with Gasteiger partial charge in [0.05, 0.1) is 0 Å². The number of amides is 1. The lowest BCUT2D eigenvalue weighted by molar-refractivity contribution is -0.121. The molecule has 5 nitrogen and oxygen atoms in total. The van der Waals surface area contributed by atoms with E-state index in [9.17, 15) is 4.79 Å². The summed E-state index contributed by atoms with van der Waals surface area (Å²) in [6.07, 6.45) is 1.44. The van der Waals surface area contributed by atoms with Crippen molar-refractivity contribution in [1.82, 2.24) is 16.0 Å². The normalized spacial score (nSPS) is 10.5. The summed E-state index contributed by atoms with van der Waals surface area (Å²) in [7, 11) is 0. The van der Waals surface area contributed by atoms with E-state index in [1.165, 1.54) is 0 Å². The third kappa shape index (κ3) is 9.59. The third-order valence-corrected chi connectivity index (χ3v) is 2.81. The Bertz CT molecular complexity index is 437. The summed E-state index contributed by atoms with van der Waals surface area (Å²) in [5.41, 5.74) is 1.11. The highest BCUT2D eigenvalue weighted by Gasteiger charge is 2.02. The summed E-state index contributed by atoms with van der Waals surface area (Å²) in [6.45, 7) is 6.87. The lowest BCUT2D eigenvalue weighted by atomic mass is 10.2. The maximum atomic E-state index is 11.8. The van der Waals surface area contributed by atoms with Gasteiger partial charge in [-0.05, 0) is 18.9 Å². The minimum absolute atomic E-state index is 0. The molecule has 22 heavy (non-hydrogen) atoms. The van der Waals surface area contributed by atoms with Crippen molar-refractivity contribution in [2.75, 3.05) is 19.6 Å². The number of guanidine groups is 1. The molecule has 0 heterocycles. The van der Waals surface area contributed by atoms with Crippen molar-refractivity contribution in [2.45, 2.75) is 33.2 Å². The van der Waals surface area contributed by atoms with E-state index in [1.54, 1.807) is 0 Å². The van der Waals surface area contributed by atoms with Gasteiger partial charge in [-0.3, -0.25) is 9.79 Å². The molecule has 6 heteroatoms. The first-order valence-electron chi connectivity index (χ1n) is 7.59. The van der Waals surface area contributed by atoms with Crippen LogP contribution >= 0.6 is 24.0 Å². The molecule has 0 aromatic heterocycles. The van der Waals surface area contributed by atoms with E-state index in [0.717, 1.165) is 31.0 Å². The maximum absolute atomic E-state index is 11.8. The summed E-state index contributed by atoms with van der Waals surface area (Å²) in [5.74, 6) is 0.813. The summed E-state index contributed by atoms with van der Waals surface area (Å²) in [5, 5.41) is 9.23. The van der Waals surface area contributed by atoms with Crippen LogP contribution < -0.4 is 16.0 Å². The fourth-order valence-electron chi connectivity index (χ4n) is 1.74. The van der Waals surface area contributed by atoms with Gasteiger partial charge in [-0.1, -0.05) is 37.3 Å². The molecule has 1 rings (SSSR count). The van der Waals surface area contributed by atoms with Crippen molar-refractivity contribution < 1.29 is 4.79 Å². The SMILES string of the molecule is CCCN=C(NCC)NCCC(=O)NCc1ccccc1.I. The number of hydrogen-bond donors (Lipinski definition) is 3. The Balaban J connectivity index is 0.00000441. The van der Waals surface area contributed by atoms with E-state index in [4.69, 9.17) is 0 Å². The van der Waals surface area contributed by atoms with Crippen LogP contribution in [0.3, 0.4) is 0 Å². The molecule has 1 amide bonds. The zero-order valence-electron chi connectivity index (χ0n) is 13.4. The highest BCUT2D eigenvalue weighted by atomic mass is 127. The molecule has 0 spiro atoms. The largest absolute Gasteiger partial charge is 0.357 e. The van der Waals surface area contributed by atoms with Crippen molar-refractivity contribution in [3.8, 4) is 0 Å². The molecule has 0 bridgehead atoms. The molecule has 1 aromatic rings. The topological polar surface area (TPSA) is 65.5 Å². The number of halogens is 1. The number of aliphatic imine (C=N–C) groups is 1. The monoisotopic (exact) mass is 418 g/mol. The van der Waals surface area contributed by atoms with Crippen LogP contribution in [0.2, 0.25) is 0 Å². The Morgan fingerprint density at radius 2 is 1.82 bits per heavy atom. The van der Waals surface area contributed by atoms with E-state index in [-0.39, 0.29) is 29.9 Å². The standard InChI is InChI=1S/C16H26N4O.HI/c1-3-11-18-16(17-4-2)19-12-10-15(21)20-13-14-8-6-5-7-9-14;/h5-9H,3-4,10-13H2,1-2H3,(H,20,21)(H2,17,18,19);1H. The van der Waals surface area contributed by atoms with Crippen LogP contribution in [0.15, 0.2) is 35.3 Å². The molecule has 0 fully saturated rings. The summed E-state index contributed by atoms with van der Waals surface area (Å²) < 4.78 is 0. The van der Waals surface area contributed by atoms with Gasteiger partial charge in [-0.25, -0.2) is 0 Å². The van der Waals surface area contributed by atoms with Crippen LogP contribution in [0.25, 0.3) is 0 Å². The highest BCUT2D eigenvalue weighted by Crippen LogP contribution is 1.97. The molecule has 0 saturated carbocycles. The van der Waals surface area contributed by atoms with Crippen LogP contribution in [-0.2, 0) is 11.3 Å². The van der Waals surface area contributed by atoms with Crippen LogP contribution in [0.4, 0.5) is 0 Å². The zero-order chi connectivity index (χ0) is 15.3. The van der Waals surface area contributed by atoms with Crippen molar-refractivity contribution in [1.29, 1.82) is 0 Å². The number of carbonyl (C=O) groups is 1. The Morgan fingerprint density at radius 3 is 2.45 bits per heavy atom. The van der Waals surface area contributed by atoms with Gasteiger partial charge in [0.15, 0.2) is 5.96 Å². The number of hydrogen-bond acceptors (Lipinski definition) is 2. The average Bonchev–Trinajstić information content (AvgIpc) is 2.51. The van der Waals surface area contributed by atoms with Crippen LogP contribution in [0, 0.1) is 0 Å². The van der Waals surface area contributed by atoms with E-state index in [0.29, 0.717) is 19.5 Å².